The molecule has 1 aromatic carbocycles. The average Bonchev–Trinajstić information content (AvgIpc) is 3.24. The van der Waals surface area contributed by atoms with Gasteiger partial charge in [-0.1, -0.05) is 6.42 Å². The summed E-state index contributed by atoms with van der Waals surface area (Å²) in [5.41, 5.74) is 0.465. The maximum atomic E-state index is 12.9. The number of alkyl halides is 3. The Morgan fingerprint density at radius 1 is 1.22 bits per heavy atom. The van der Waals surface area contributed by atoms with Gasteiger partial charge in [-0.05, 0) is 42.9 Å². The van der Waals surface area contributed by atoms with Gasteiger partial charge in [0.1, 0.15) is 17.5 Å². The number of fused-ring (bicyclic) bond motifs is 2. The highest BCUT2D eigenvalue weighted by Gasteiger charge is 2.49. The minimum absolute atomic E-state index is 0.0392. The summed E-state index contributed by atoms with van der Waals surface area (Å²) in [5.74, 6) is -1.72. The molecule has 0 radical (unpaired) electrons. The van der Waals surface area contributed by atoms with Crippen molar-refractivity contribution in [2.45, 2.75) is 31.7 Å². The van der Waals surface area contributed by atoms with E-state index in [1.807, 2.05) is 0 Å². The van der Waals surface area contributed by atoms with E-state index in [1.165, 1.54) is 17.0 Å². The second-order valence-corrected chi connectivity index (χ2v) is 7.08. The van der Waals surface area contributed by atoms with Crippen molar-refractivity contribution >= 4 is 22.8 Å². The number of benzene rings is 1. The predicted molar refractivity (Wildman–Crippen MR) is 88.3 cm³/mol. The summed E-state index contributed by atoms with van der Waals surface area (Å²) in [5, 5.41) is 10.1. The number of halogens is 3. The van der Waals surface area contributed by atoms with E-state index in [9.17, 15) is 27.9 Å². The molecule has 3 atom stereocenters. The Kier molecular flexibility index (Phi) is 4.05. The van der Waals surface area contributed by atoms with Crippen LogP contribution >= 0.6 is 0 Å². The topological polar surface area (TPSA) is 82.6 Å². The molecule has 2 N–H and O–H groups in total. The smallest absolute Gasteiger partial charge is 0.480 e. The summed E-state index contributed by atoms with van der Waals surface area (Å²) in [6.45, 7) is 0.387. The number of aromatic amines is 1. The van der Waals surface area contributed by atoms with E-state index in [0.29, 0.717) is 17.4 Å². The summed E-state index contributed by atoms with van der Waals surface area (Å²) >= 11 is 0. The highest BCUT2D eigenvalue weighted by atomic mass is 19.4. The second-order valence-electron chi connectivity index (χ2n) is 7.08. The monoisotopic (exact) mass is 382 g/mol. The van der Waals surface area contributed by atoms with E-state index in [-0.39, 0.29) is 17.5 Å². The zero-order valence-corrected chi connectivity index (χ0v) is 14.1. The van der Waals surface area contributed by atoms with E-state index in [0.717, 1.165) is 31.4 Å². The Hall–Kier alpha value is -2.71. The van der Waals surface area contributed by atoms with Crippen LogP contribution in [-0.2, 0) is 4.79 Å². The molecule has 9 heteroatoms. The number of rotatable bonds is 3. The number of carbonyl (C=O) groups excluding carboxylic acids is 1. The number of nitrogens with one attached hydrogen (secondary N) is 1. The molecule has 3 unspecified atom stereocenters. The molecule has 2 heterocycles. The normalized spacial score (nSPS) is 25.0. The van der Waals surface area contributed by atoms with Gasteiger partial charge in [0.15, 0.2) is 0 Å². The van der Waals surface area contributed by atoms with E-state index < -0.39 is 30.0 Å². The lowest BCUT2D eigenvalue weighted by Crippen LogP contribution is -2.43. The molecule has 2 aromatic rings. The Labute approximate surface area is 151 Å². The van der Waals surface area contributed by atoms with Crippen LogP contribution in [0.15, 0.2) is 24.3 Å². The molecule has 2 aliphatic rings. The van der Waals surface area contributed by atoms with Crippen molar-refractivity contribution < 1.29 is 32.6 Å². The summed E-state index contributed by atoms with van der Waals surface area (Å²) in [4.78, 5) is 28.8. The Bertz CT molecular complexity index is 908. The number of H-pyrrole nitrogens is 1. The maximum absolute atomic E-state index is 12.9. The molecule has 1 amide bonds. The van der Waals surface area contributed by atoms with Crippen LogP contribution in [0.4, 0.5) is 13.2 Å². The van der Waals surface area contributed by atoms with Crippen molar-refractivity contribution in [3.63, 3.8) is 0 Å². The van der Waals surface area contributed by atoms with E-state index in [2.05, 4.69) is 9.72 Å². The van der Waals surface area contributed by atoms with Gasteiger partial charge in [0.05, 0.1) is 0 Å². The van der Waals surface area contributed by atoms with Crippen molar-refractivity contribution in [3.8, 4) is 5.75 Å². The van der Waals surface area contributed by atoms with Crippen molar-refractivity contribution in [1.82, 2.24) is 9.88 Å². The standard InChI is InChI=1S/C18H17F3N2O4/c19-18(20,21)27-11-5-4-9-6-14(22-13(9)7-11)16(24)23-8-10-2-1-3-12(10)15(23)17(25)26/h4-7,10,12,15,22H,1-3,8H2,(H,25,26). The van der Waals surface area contributed by atoms with Gasteiger partial charge < -0.3 is 19.7 Å². The highest BCUT2D eigenvalue weighted by molar-refractivity contribution is 6.00. The van der Waals surface area contributed by atoms with Crippen molar-refractivity contribution in [1.29, 1.82) is 0 Å². The first-order valence-electron chi connectivity index (χ1n) is 8.65. The fourth-order valence-electron chi connectivity index (χ4n) is 4.40. The van der Waals surface area contributed by atoms with Crippen LogP contribution in [0.3, 0.4) is 0 Å². The number of aliphatic carboxylic acids is 1. The third kappa shape index (κ3) is 3.22. The van der Waals surface area contributed by atoms with Crippen LogP contribution < -0.4 is 4.74 Å². The molecule has 27 heavy (non-hydrogen) atoms. The fraction of sp³-hybridized carbons (Fsp3) is 0.444. The van der Waals surface area contributed by atoms with Crippen molar-refractivity contribution in [3.05, 3.63) is 30.0 Å². The summed E-state index contributed by atoms with van der Waals surface area (Å²) in [6.07, 6.45) is -2.14. The Balaban J connectivity index is 1.61. The minimum Gasteiger partial charge on any atom is -0.480 e. The van der Waals surface area contributed by atoms with Crippen LogP contribution in [0, 0.1) is 11.8 Å². The highest BCUT2D eigenvalue weighted by Crippen LogP contribution is 2.42. The van der Waals surface area contributed by atoms with Crippen molar-refractivity contribution in [2.75, 3.05) is 6.54 Å². The Morgan fingerprint density at radius 2 is 2.00 bits per heavy atom. The van der Waals surface area contributed by atoms with Crippen LogP contribution in [-0.4, -0.2) is 45.8 Å². The average molecular weight is 382 g/mol. The molecule has 0 spiro atoms. The van der Waals surface area contributed by atoms with Crippen LogP contribution in [0.1, 0.15) is 29.8 Å². The lowest BCUT2D eigenvalue weighted by atomic mass is 9.94. The minimum atomic E-state index is -4.80. The molecule has 0 bridgehead atoms. The second kappa shape index (κ2) is 6.17. The molecule has 1 saturated heterocycles. The summed E-state index contributed by atoms with van der Waals surface area (Å²) in [7, 11) is 0. The molecular formula is C18H17F3N2O4. The van der Waals surface area contributed by atoms with Crippen LogP contribution in [0.5, 0.6) is 5.75 Å². The number of hydrogen-bond donors (Lipinski definition) is 2. The first kappa shape index (κ1) is 17.7. The number of likely N-dealkylation sites (tertiary alicyclic amines) is 1. The van der Waals surface area contributed by atoms with Gasteiger partial charge in [-0.2, -0.15) is 0 Å². The third-order valence-electron chi connectivity index (χ3n) is 5.46. The van der Waals surface area contributed by atoms with Gasteiger partial charge in [0.25, 0.3) is 5.91 Å². The van der Waals surface area contributed by atoms with E-state index in [4.69, 9.17) is 0 Å². The SMILES string of the molecule is O=C(O)C1C2CCCC2CN1C(=O)c1cc2ccc(OC(F)(F)F)cc2[nH]1. The number of nitrogens with zero attached hydrogens (tertiary/aromatic N) is 1. The molecule has 6 nitrogen and oxygen atoms in total. The zero-order chi connectivity index (χ0) is 19.3. The number of carboxylic acids is 1. The van der Waals surface area contributed by atoms with Gasteiger partial charge in [0, 0.05) is 23.5 Å². The zero-order valence-electron chi connectivity index (χ0n) is 14.1. The van der Waals surface area contributed by atoms with Gasteiger partial charge in [-0.3, -0.25) is 4.79 Å². The largest absolute Gasteiger partial charge is 0.573 e. The molecule has 144 valence electrons. The van der Waals surface area contributed by atoms with Gasteiger partial charge in [-0.15, -0.1) is 13.2 Å². The van der Waals surface area contributed by atoms with E-state index in [1.54, 1.807) is 0 Å². The number of amides is 1. The van der Waals surface area contributed by atoms with Crippen molar-refractivity contribution in [2.24, 2.45) is 11.8 Å². The van der Waals surface area contributed by atoms with Gasteiger partial charge in [0.2, 0.25) is 0 Å². The molecule has 2 fully saturated rings. The van der Waals surface area contributed by atoms with Crippen LogP contribution in [0.25, 0.3) is 10.9 Å². The number of hydrogen-bond acceptors (Lipinski definition) is 3. The van der Waals surface area contributed by atoms with Gasteiger partial charge >= 0.3 is 12.3 Å². The first-order valence-corrected chi connectivity index (χ1v) is 8.65. The third-order valence-corrected chi connectivity index (χ3v) is 5.46. The maximum Gasteiger partial charge on any atom is 0.573 e. The predicted octanol–water partition coefficient (Wildman–Crippen LogP) is 3.39. The molecule has 1 aliphatic heterocycles. The fourth-order valence-corrected chi connectivity index (χ4v) is 4.40. The molecule has 1 aliphatic carbocycles. The van der Waals surface area contributed by atoms with E-state index >= 15 is 0 Å². The molecule has 1 saturated carbocycles. The quantitative estimate of drug-likeness (QED) is 0.853. The molecule has 4 rings (SSSR count). The molecule has 1 aromatic heterocycles. The molecular weight excluding hydrogens is 365 g/mol. The summed E-state index contributed by atoms with van der Waals surface area (Å²) < 4.78 is 41.0. The number of ether oxygens (including phenoxy) is 1. The lowest BCUT2D eigenvalue weighted by molar-refractivity contribution is -0.274. The van der Waals surface area contributed by atoms with Crippen LogP contribution in [0.2, 0.25) is 0 Å². The number of carbonyl (C=O) groups is 2. The number of aromatic nitrogens is 1. The summed E-state index contributed by atoms with van der Waals surface area (Å²) in [6, 6.07) is 4.39. The Morgan fingerprint density at radius 3 is 2.70 bits per heavy atom. The lowest BCUT2D eigenvalue weighted by Gasteiger charge is -2.23. The first-order chi connectivity index (χ1) is 12.7. The number of carboxylic acid groups (broad SMARTS) is 1. The van der Waals surface area contributed by atoms with Gasteiger partial charge in [-0.25, -0.2) is 4.79 Å².